The minimum absolute atomic E-state index is 0.0504. The number of aryl methyl sites for hydroxylation is 1. The maximum absolute atomic E-state index is 12.8. The number of amides is 2. The van der Waals surface area contributed by atoms with Crippen LogP contribution in [0.2, 0.25) is 0 Å². The van der Waals surface area contributed by atoms with Gasteiger partial charge in [0.2, 0.25) is 5.91 Å². The lowest BCUT2D eigenvalue weighted by Crippen LogP contribution is -2.57. The Balaban J connectivity index is 1.77. The average Bonchev–Trinajstić information content (AvgIpc) is 2.63. The SMILES string of the molecule is C=Cc1ccc(C(=O)N2CC(=O)N(c3ccc(C)cc3)C[C@@H]2C)cc1. The molecular weight excluding hydrogens is 312 g/mol. The molecular formula is C21H22N2O2. The van der Waals surface area contributed by atoms with Crippen LogP contribution in [0.5, 0.6) is 0 Å². The van der Waals surface area contributed by atoms with Gasteiger partial charge in [-0.05, 0) is 43.7 Å². The van der Waals surface area contributed by atoms with Crippen LogP contribution in [0.1, 0.15) is 28.4 Å². The van der Waals surface area contributed by atoms with Crippen molar-refractivity contribution < 1.29 is 9.59 Å². The fourth-order valence-corrected chi connectivity index (χ4v) is 3.03. The normalized spacial score (nSPS) is 17.5. The Kier molecular flexibility index (Phi) is 4.70. The van der Waals surface area contributed by atoms with Crippen LogP contribution >= 0.6 is 0 Å². The van der Waals surface area contributed by atoms with Crippen LogP contribution in [-0.4, -0.2) is 35.8 Å². The van der Waals surface area contributed by atoms with Crippen LogP contribution in [0.3, 0.4) is 0 Å². The zero-order valence-corrected chi connectivity index (χ0v) is 14.6. The highest BCUT2D eigenvalue weighted by Gasteiger charge is 2.33. The molecule has 25 heavy (non-hydrogen) atoms. The Hall–Kier alpha value is -2.88. The summed E-state index contributed by atoms with van der Waals surface area (Å²) in [5.41, 5.74) is 3.59. The number of carbonyl (C=O) groups excluding carboxylic acids is 2. The van der Waals surface area contributed by atoms with Crippen molar-refractivity contribution in [2.45, 2.75) is 19.9 Å². The highest BCUT2D eigenvalue weighted by molar-refractivity contribution is 6.02. The number of rotatable bonds is 3. The van der Waals surface area contributed by atoms with Gasteiger partial charge in [-0.25, -0.2) is 0 Å². The van der Waals surface area contributed by atoms with Crippen LogP contribution in [0, 0.1) is 6.92 Å². The molecule has 1 saturated heterocycles. The fourth-order valence-electron chi connectivity index (χ4n) is 3.03. The first kappa shape index (κ1) is 17.0. The molecule has 1 atom stereocenters. The summed E-state index contributed by atoms with van der Waals surface area (Å²) in [5.74, 6) is -0.168. The second-order valence-corrected chi connectivity index (χ2v) is 6.45. The highest BCUT2D eigenvalue weighted by Crippen LogP contribution is 2.22. The Labute approximate surface area is 148 Å². The molecule has 0 spiro atoms. The standard InChI is InChI=1S/C21H22N2O2/c1-4-17-7-9-18(10-8-17)21(25)22-14-20(24)23(13-16(22)3)19-11-5-15(2)6-12-19/h4-12,16H,1,13-14H2,2-3H3/t16-/m0/s1. The molecule has 0 saturated carbocycles. The van der Waals surface area contributed by atoms with Gasteiger partial charge in [-0.15, -0.1) is 0 Å². The van der Waals surface area contributed by atoms with Crippen LogP contribution < -0.4 is 4.90 Å². The number of anilines is 1. The minimum Gasteiger partial charge on any atom is -0.325 e. The number of piperazine rings is 1. The van der Waals surface area contributed by atoms with E-state index in [-0.39, 0.29) is 24.4 Å². The van der Waals surface area contributed by atoms with Gasteiger partial charge in [-0.1, -0.05) is 42.5 Å². The second kappa shape index (κ2) is 6.93. The molecule has 4 nitrogen and oxygen atoms in total. The summed E-state index contributed by atoms with van der Waals surface area (Å²) in [6.45, 7) is 8.30. The molecule has 2 aromatic rings. The molecule has 0 N–H and O–H groups in total. The lowest BCUT2D eigenvalue weighted by atomic mass is 10.1. The Morgan fingerprint density at radius 2 is 1.76 bits per heavy atom. The van der Waals surface area contributed by atoms with Gasteiger partial charge >= 0.3 is 0 Å². The molecule has 2 aromatic carbocycles. The lowest BCUT2D eigenvalue weighted by molar-refractivity contribution is -0.121. The predicted molar refractivity (Wildman–Crippen MR) is 101 cm³/mol. The lowest BCUT2D eigenvalue weighted by Gasteiger charge is -2.39. The molecule has 0 unspecified atom stereocenters. The van der Waals surface area contributed by atoms with E-state index in [9.17, 15) is 9.59 Å². The first-order chi connectivity index (χ1) is 12.0. The summed E-state index contributed by atoms with van der Waals surface area (Å²) >= 11 is 0. The molecule has 0 aliphatic carbocycles. The van der Waals surface area contributed by atoms with Gasteiger partial charge < -0.3 is 9.80 Å². The molecule has 0 radical (unpaired) electrons. The number of benzene rings is 2. The van der Waals surface area contributed by atoms with Crippen molar-refractivity contribution in [1.29, 1.82) is 0 Å². The Morgan fingerprint density at radius 3 is 2.36 bits per heavy atom. The van der Waals surface area contributed by atoms with Gasteiger partial charge in [-0.3, -0.25) is 9.59 Å². The Morgan fingerprint density at radius 1 is 1.12 bits per heavy atom. The van der Waals surface area contributed by atoms with E-state index in [0.29, 0.717) is 12.1 Å². The number of nitrogens with zero attached hydrogens (tertiary/aromatic N) is 2. The van der Waals surface area contributed by atoms with Crippen molar-refractivity contribution in [3.63, 3.8) is 0 Å². The molecule has 0 bridgehead atoms. The maximum atomic E-state index is 12.8. The third kappa shape index (κ3) is 3.48. The number of hydrogen-bond donors (Lipinski definition) is 0. The van der Waals surface area contributed by atoms with Crippen molar-refractivity contribution in [2.24, 2.45) is 0 Å². The molecule has 3 rings (SSSR count). The smallest absolute Gasteiger partial charge is 0.254 e. The van der Waals surface area contributed by atoms with Gasteiger partial charge in [0.1, 0.15) is 6.54 Å². The molecule has 1 aliphatic rings. The van der Waals surface area contributed by atoms with E-state index in [4.69, 9.17) is 0 Å². The molecule has 2 amide bonds. The highest BCUT2D eigenvalue weighted by atomic mass is 16.2. The van der Waals surface area contributed by atoms with Crippen molar-refractivity contribution in [2.75, 3.05) is 18.0 Å². The van der Waals surface area contributed by atoms with E-state index in [1.54, 1.807) is 28.0 Å². The van der Waals surface area contributed by atoms with Crippen molar-refractivity contribution >= 4 is 23.6 Å². The van der Waals surface area contributed by atoms with Gasteiger partial charge in [0.05, 0.1) is 0 Å². The van der Waals surface area contributed by atoms with Crippen molar-refractivity contribution in [3.05, 3.63) is 71.8 Å². The Bertz CT molecular complexity index is 794. The summed E-state index contributed by atoms with van der Waals surface area (Å²) in [6, 6.07) is 15.1. The quantitative estimate of drug-likeness (QED) is 0.862. The maximum Gasteiger partial charge on any atom is 0.254 e. The first-order valence-electron chi connectivity index (χ1n) is 8.40. The van der Waals surface area contributed by atoms with Gasteiger partial charge in [-0.2, -0.15) is 0 Å². The topological polar surface area (TPSA) is 40.6 Å². The van der Waals surface area contributed by atoms with Crippen molar-refractivity contribution in [1.82, 2.24) is 4.90 Å². The van der Waals surface area contributed by atoms with Crippen LogP contribution in [-0.2, 0) is 4.79 Å². The molecule has 1 fully saturated rings. The van der Waals surface area contributed by atoms with Crippen molar-refractivity contribution in [3.8, 4) is 0 Å². The summed E-state index contributed by atoms with van der Waals surface area (Å²) in [7, 11) is 0. The van der Waals surface area contributed by atoms with E-state index in [2.05, 4.69) is 6.58 Å². The van der Waals surface area contributed by atoms with E-state index in [0.717, 1.165) is 16.8 Å². The van der Waals surface area contributed by atoms with Gasteiger partial charge in [0.15, 0.2) is 0 Å². The molecule has 0 aromatic heterocycles. The van der Waals surface area contributed by atoms with Crippen LogP contribution in [0.25, 0.3) is 6.08 Å². The number of carbonyl (C=O) groups is 2. The molecule has 4 heteroatoms. The van der Waals surface area contributed by atoms with E-state index >= 15 is 0 Å². The summed E-state index contributed by atoms with van der Waals surface area (Å²) < 4.78 is 0. The monoisotopic (exact) mass is 334 g/mol. The van der Waals surface area contributed by atoms with E-state index in [1.807, 2.05) is 50.2 Å². The summed E-state index contributed by atoms with van der Waals surface area (Å²) in [5, 5.41) is 0. The molecule has 128 valence electrons. The number of hydrogen-bond acceptors (Lipinski definition) is 2. The first-order valence-corrected chi connectivity index (χ1v) is 8.40. The zero-order chi connectivity index (χ0) is 18.0. The average molecular weight is 334 g/mol. The summed E-state index contributed by atoms with van der Waals surface area (Å²) in [6.07, 6.45) is 1.74. The van der Waals surface area contributed by atoms with Gasteiger partial charge in [0.25, 0.3) is 5.91 Å². The van der Waals surface area contributed by atoms with E-state index < -0.39 is 0 Å². The predicted octanol–water partition coefficient (Wildman–Crippen LogP) is 3.52. The second-order valence-electron chi connectivity index (χ2n) is 6.45. The fraction of sp³-hybridized carbons (Fsp3) is 0.238. The summed E-state index contributed by atoms with van der Waals surface area (Å²) in [4.78, 5) is 28.8. The largest absolute Gasteiger partial charge is 0.325 e. The van der Waals surface area contributed by atoms with E-state index in [1.165, 1.54) is 0 Å². The third-order valence-corrected chi connectivity index (χ3v) is 4.59. The van der Waals surface area contributed by atoms with Crippen LogP contribution in [0.4, 0.5) is 5.69 Å². The van der Waals surface area contributed by atoms with Crippen LogP contribution in [0.15, 0.2) is 55.1 Å². The molecule has 1 aliphatic heterocycles. The van der Waals surface area contributed by atoms with Gasteiger partial charge in [0, 0.05) is 23.8 Å². The molecule has 1 heterocycles. The zero-order valence-electron chi connectivity index (χ0n) is 14.6. The minimum atomic E-state index is -0.111. The third-order valence-electron chi connectivity index (χ3n) is 4.59.